The number of rotatable bonds is 7. The Morgan fingerprint density at radius 2 is 2.00 bits per heavy atom. The summed E-state index contributed by atoms with van der Waals surface area (Å²) in [4.78, 5) is 23.7. The number of hydrogen-bond donors (Lipinski definition) is 1. The monoisotopic (exact) mass is 383 g/mol. The molecule has 146 valence electrons. The highest BCUT2D eigenvalue weighted by molar-refractivity contribution is 5.82. The average molecular weight is 383 g/mol. The van der Waals surface area contributed by atoms with Crippen molar-refractivity contribution in [2.45, 2.75) is 33.2 Å². The van der Waals surface area contributed by atoms with Crippen LogP contribution in [0.2, 0.25) is 0 Å². The molecule has 0 aliphatic rings. The molecule has 1 N–H and O–H groups in total. The van der Waals surface area contributed by atoms with E-state index in [9.17, 15) is 14.0 Å². The Balaban J connectivity index is 1.62. The summed E-state index contributed by atoms with van der Waals surface area (Å²) in [7, 11) is 0. The molecule has 0 bridgehead atoms. The van der Waals surface area contributed by atoms with Crippen molar-refractivity contribution in [3.8, 4) is 5.75 Å². The molecular weight excluding hydrogens is 361 g/mol. The van der Waals surface area contributed by atoms with Crippen molar-refractivity contribution in [2.75, 3.05) is 6.61 Å². The first kappa shape index (κ1) is 19.6. The zero-order valence-corrected chi connectivity index (χ0v) is 15.9. The molecule has 5 nitrogen and oxygen atoms in total. The van der Waals surface area contributed by atoms with Gasteiger partial charge in [0.1, 0.15) is 17.1 Å². The van der Waals surface area contributed by atoms with E-state index in [1.807, 2.05) is 13.0 Å². The second kappa shape index (κ2) is 8.69. The van der Waals surface area contributed by atoms with Gasteiger partial charge in [0.05, 0.1) is 0 Å². The fourth-order valence-corrected chi connectivity index (χ4v) is 2.92. The van der Waals surface area contributed by atoms with Gasteiger partial charge in [-0.05, 0) is 48.2 Å². The molecule has 3 rings (SSSR count). The number of aryl methyl sites for hydroxylation is 2. The lowest BCUT2D eigenvalue weighted by atomic mass is 10.1. The molecular formula is C22H22FNO4. The van der Waals surface area contributed by atoms with Crippen molar-refractivity contribution in [1.82, 2.24) is 5.32 Å². The molecule has 2 aromatic carbocycles. The molecule has 0 saturated carbocycles. The molecule has 0 atom stereocenters. The van der Waals surface area contributed by atoms with E-state index < -0.39 is 5.63 Å². The van der Waals surface area contributed by atoms with Crippen LogP contribution in [0.1, 0.15) is 30.0 Å². The van der Waals surface area contributed by atoms with Crippen LogP contribution < -0.4 is 15.7 Å². The van der Waals surface area contributed by atoms with Crippen LogP contribution >= 0.6 is 0 Å². The molecule has 1 aromatic heterocycles. The number of hydrogen-bond acceptors (Lipinski definition) is 4. The minimum absolute atomic E-state index is 0.196. The number of fused-ring (bicyclic) bond motifs is 1. The molecule has 1 heterocycles. The zero-order valence-electron chi connectivity index (χ0n) is 15.9. The van der Waals surface area contributed by atoms with E-state index in [-0.39, 0.29) is 24.9 Å². The number of halogens is 1. The largest absolute Gasteiger partial charge is 0.484 e. The molecule has 0 saturated heterocycles. The van der Waals surface area contributed by atoms with Crippen molar-refractivity contribution < 1.29 is 18.3 Å². The Bertz CT molecular complexity index is 1060. The Hall–Kier alpha value is -3.15. The molecule has 0 fully saturated rings. The smallest absolute Gasteiger partial charge is 0.336 e. The van der Waals surface area contributed by atoms with Crippen LogP contribution in [0.25, 0.3) is 11.0 Å². The molecule has 28 heavy (non-hydrogen) atoms. The number of benzene rings is 2. The van der Waals surface area contributed by atoms with E-state index in [0.29, 0.717) is 22.5 Å². The maximum absolute atomic E-state index is 13.5. The summed E-state index contributed by atoms with van der Waals surface area (Å²) in [5.41, 5.74) is 2.19. The van der Waals surface area contributed by atoms with Gasteiger partial charge in [-0.25, -0.2) is 9.18 Å². The van der Waals surface area contributed by atoms with Gasteiger partial charge >= 0.3 is 5.63 Å². The summed E-state index contributed by atoms with van der Waals surface area (Å²) in [6.07, 6.45) is 1.70. The van der Waals surface area contributed by atoms with Crippen LogP contribution in [0.15, 0.2) is 51.7 Å². The van der Waals surface area contributed by atoms with Gasteiger partial charge in [0.15, 0.2) is 6.61 Å². The van der Waals surface area contributed by atoms with Crippen LogP contribution in [0.4, 0.5) is 4.39 Å². The molecule has 0 spiro atoms. The van der Waals surface area contributed by atoms with Crippen LogP contribution in [0.5, 0.6) is 5.75 Å². The topological polar surface area (TPSA) is 68.5 Å². The van der Waals surface area contributed by atoms with E-state index in [0.717, 1.165) is 23.8 Å². The van der Waals surface area contributed by atoms with Crippen LogP contribution in [0.3, 0.4) is 0 Å². The lowest BCUT2D eigenvalue weighted by Gasteiger charge is -2.09. The van der Waals surface area contributed by atoms with Crippen LogP contribution in [0, 0.1) is 12.7 Å². The third-order valence-electron chi connectivity index (χ3n) is 4.42. The number of carbonyl (C=O) groups is 1. The fraction of sp³-hybridized carbons (Fsp3) is 0.273. The van der Waals surface area contributed by atoms with E-state index in [2.05, 4.69) is 5.32 Å². The van der Waals surface area contributed by atoms with Crippen molar-refractivity contribution in [2.24, 2.45) is 0 Å². The number of ether oxygens (including phenoxy) is 1. The molecule has 3 aromatic rings. The maximum Gasteiger partial charge on any atom is 0.336 e. The second-order valence-corrected chi connectivity index (χ2v) is 6.65. The summed E-state index contributed by atoms with van der Waals surface area (Å²) in [6, 6.07) is 11.5. The lowest BCUT2D eigenvalue weighted by molar-refractivity contribution is -0.123. The predicted octanol–water partition coefficient (Wildman–Crippen LogP) is 3.89. The summed E-state index contributed by atoms with van der Waals surface area (Å²) >= 11 is 0. The molecule has 0 aliphatic carbocycles. The van der Waals surface area contributed by atoms with Crippen LogP contribution in [-0.2, 0) is 17.8 Å². The SMILES string of the molecule is CCCc1cc(=O)oc2cc(OCC(=O)NCc3ccc(C)c(F)c3)ccc12. The quantitative estimate of drug-likeness (QED) is 0.629. The Kier molecular flexibility index (Phi) is 6.09. The van der Waals surface area contributed by atoms with Gasteiger partial charge in [0.2, 0.25) is 0 Å². The second-order valence-electron chi connectivity index (χ2n) is 6.65. The van der Waals surface area contributed by atoms with E-state index >= 15 is 0 Å². The molecule has 0 radical (unpaired) electrons. The highest BCUT2D eigenvalue weighted by Gasteiger charge is 2.09. The molecule has 0 unspecified atom stereocenters. The summed E-state index contributed by atoms with van der Waals surface area (Å²) in [6.45, 7) is 3.75. The van der Waals surface area contributed by atoms with Crippen molar-refractivity contribution in [1.29, 1.82) is 0 Å². The first-order valence-electron chi connectivity index (χ1n) is 9.17. The molecule has 0 aliphatic heterocycles. The van der Waals surface area contributed by atoms with Gasteiger partial charge in [0, 0.05) is 24.1 Å². The normalized spacial score (nSPS) is 10.8. The maximum atomic E-state index is 13.5. The molecule has 1 amide bonds. The van der Waals surface area contributed by atoms with E-state index in [1.165, 1.54) is 12.1 Å². The van der Waals surface area contributed by atoms with Crippen molar-refractivity contribution >= 4 is 16.9 Å². The minimum atomic E-state index is -0.406. The first-order chi connectivity index (χ1) is 13.5. The fourth-order valence-electron chi connectivity index (χ4n) is 2.92. The summed E-state index contributed by atoms with van der Waals surface area (Å²) in [5.74, 6) is -0.203. The highest BCUT2D eigenvalue weighted by Crippen LogP contribution is 2.23. The van der Waals surface area contributed by atoms with Gasteiger partial charge in [-0.2, -0.15) is 0 Å². The minimum Gasteiger partial charge on any atom is -0.484 e. The van der Waals surface area contributed by atoms with Gasteiger partial charge < -0.3 is 14.5 Å². The van der Waals surface area contributed by atoms with Gasteiger partial charge in [0.25, 0.3) is 5.91 Å². The van der Waals surface area contributed by atoms with E-state index in [1.54, 1.807) is 31.2 Å². The highest BCUT2D eigenvalue weighted by atomic mass is 19.1. The Labute approximate surface area is 162 Å². The third kappa shape index (κ3) is 4.76. The zero-order chi connectivity index (χ0) is 20.1. The summed E-state index contributed by atoms with van der Waals surface area (Å²) < 4.78 is 24.3. The van der Waals surface area contributed by atoms with Crippen molar-refractivity contribution in [3.05, 3.63) is 75.4 Å². The molecule has 6 heteroatoms. The number of carbonyl (C=O) groups excluding carboxylic acids is 1. The third-order valence-corrected chi connectivity index (χ3v) is 4.42. The van der Waals surface area contributed by atoms with Crippen molar-refractivity contribution in [3.63, 3.8) is 0 Å². The predicted molar refractivity (Wildman–Crippen MR) is 105 cm³/mol. The lowest BCUT2D eigenvalue weighted by Crippen LogP contribution is -2.28. The summed E-state index contributed by atoms with van der Waals surface area (Å²) in [5, 5.41) is 3.54. The first-order valence-corrected chi connectivity index (χ1v) is 9.17. The average Bonchev–Trinajstić information content (AvgIpc) is 2.67. The van der Waals surface area contributed by atoms with Crippen LogP contribution in [-0.4, -0.2) is 12.5 Å². The van der Waals surface area contributed by atoms with Gasteiger partial charge in [-0.3, -0.25) is 4.79 Å². The Morgan fingerprint density at radius 3 is 2.75 bits per heavy atom. The number of nitrogens with one attached hydrogen (secondary N) is 1. The van der Waals surface area contributed by atoms with Gasteiger partial charge in [-0.15, -0.1) is 0 Å². The Morgan fingerprint density at radius 1 is 1.18 bits per heavy atom. The van der Waals surface area contributed by atoms with E-state index in [4.69, 9.17) is 9.15 Å². The van der Waals surface area contributed by atoms with Gasteiger partial charge in [-0.1, -0.05) is 25.5 Å². The standard InChI is InChI=1S/C22H22FNO4/c1-3-4-16-10-22(26)28-20-11-17(7-8-18(16)20)27-13-21(25)24-12-15-6-5-14(2)19(23)9-15/h5-11H,3-4,12-13H2,1-2H3,(H,24,25). The number of amides is 1.